The highest BCUT2D eigenvalue weighted by molar-refractivity contribution is 9.10. The summed E-state index contributed by atoms with van der Waals surface area (Å²) in [6.07, 6.45) is 0. The van der Waals surface area contributed by atoms with Crippen LogP contribution in [0.15, 0.2) is 57.9 Å². The Morgan fingerprint density at radius 1 is 1.14 bits per heavy atom. The van der Waals surface area contributed by atoms with Gasteiger partial charge < -0.3 is 10.2 Å². The van der Waals surface area contributed by atoms with Crippen LogP contribution in [-0.2, 0) is 11.3 Å². The summed E-state index contributed by atoms with van der Waals surface area (Å²) in [5.41, 5.74) is 2.01. The van der Waals surface area contributed by atoms with Gasteiger partial charge in [0.05, 0.1) is 5.75 Å². The number of nitrogens with zero attached hydrogens (tertiary/aromatic N) is 1. The Balaban J connectivity index is 1.93. The molecular formula is C17H19BrN2OS. The van der Waals surface area contributed by atoms with Gasteiger partial charge in [0.25, 0.3) is 0 Å². The Hall–Kier alpha value is -1.30. The average Bonchev–Trinajstić information content (AvgIpc) is 2.48. The molecule has 2 aromatic rings. The van der Waals surface area contributed by atoms with Gasteiger partial charge in [-0.2, -0.15) is 0 Å². The summed E-state index contributed by atoms with van der Waals surface area (Å²) in [7, 11) is 4.03. The van der Waals surface area contributed by atoms with Crippen molar-refractivity contribution in [3.63, 3.8) is 0 Å². The summed E-state index contributed by atoms with van der Waals surface area (Å²) in [5, 5.41) is 3.00. The van der Waals surface area contributed by atoms with Gasteiger partial charge in [-0.15, -0.1) is 11.8 Å². The molecule has 2 aromatic carbocycles. The first-order chi connectivity index (χ1) is 10.5. The first kappa shape index (κ1) is 17.1. The first-order valence-corrected chi connectivity index (χ1v) is 8.73. The highest BCUT2D eigenvalue weighted by atomic mass is 79.9. The second-order valence-corrected chi connectivity index (χ2v) is 7.15. The number of benzene rings is 2. The van der Waals surface area contributed by atoms with Crippen molar-refractivity contribution in [2.45, 2.75) is 11.4 Å². The minimum absolute atomic E-state index is 0.0131. The maximum absolute atomic E-state index is 12.1. The van der Waals surface area contributed by atoms with E-state index in [0.29, 0.717) is 5.75 Å². The van der Waals surface area contributed by atoms with Crippen molar-refractivity contribution >= 4 is 39.3 Å². The summed E-state index contributed by atoms with van der Waals surface area (Å²) in [5.74, 6) is 0.414. The molecule has 0 saturated carbocycles. The zero-order chi connectivity index (χ0) is 15.9. The smallest absolute Gasteiger partial charge is 0.234 e. The van der Waals surface area contributed by atoms with E-state index in [1.807, 2.05) is 62.6 Å². The van der Waals surface area contributed by atoms with Crippen molar-refractivity contribution in [3.8, 4) is 0 Å². The molecule has 0 atom stereocenters. The molecule has 0 aliphatic carbocycles. The van der Waals surface area contributed by atoms with Crippen LogP contribution in [0, 0.1) is 0 Å². The molecule has 0 unspecified atom stereocenters. The number of nitrogens with one attached hydrogen (secondary N) is 1. The van der Waals surface area contributed by atoms with Crippen LogP contribution in [0.25, 0.3) is 0 Å². The van der Waals surface area contributed by atoms with E-state index in [0.717, 1.165) is 27.2 Å². The lowest BCUT2D eigenvalue weighted by Crippen LogP contribution is -2.17. The predicted molar refractivity (Wildman–Crippen MR) is 97.3 cm³/mol. The Bertz CT molecular complexity index is 629. The van der Waals surface area contributed by atoms with E-state index in [2.05, 4.69) is 26.1 Å². The maximum Gasteiger partial charge on any atom is 0.234 e. The third kappa shape index (κ3) is 5.48. The van der Waals surface area contributed by atoms with Gasteiger partial charge in [0.2, 0.25) is 5.91 Å². The van der Waals surface area contributed by atoms with Crippen LogP contribution in [0.2, 0.25) is 0 Å². The number of hydrogen-bond acceptors (Lipinski definition) is 3. The van der Waals surface area contributed by atoms with Crippen LogP contribution >= 0.6 is 27.7 Å². The Morgan fingerprint density at radius 3 is 2.50 bits per heavy atom. The molecule has 0 bridgehead atoms. The lowest BCUT2D eigenvalue weighted by Gasteiger charge is -2.14. The molecule has 1 amide bonds. The Labute approximate surface area is 144 Å². The standard InChI is InChI=1S/C17H19BrN2OS/c1-20(2)11-13-5-3-4-6-16(13)19-17(21)12-22-15-9-7-14(18)8-10-15/h3-10H,11-12H2,1-2H3,(H,19,21). The lowest BCUT2D eigenvalue weighted by molar-refractivity contribution is -0.113. The van der Waals surface area contributed by atoms with Crippen molar-refractivity contribution in [2.24, 2.45) is 0 Å². The van der Waals surface area contributed by atoms with Gasteiger partial charge in [-0.25, -0.2) is 0 Å². The van der Waals surface area contributed by atoms with Crippen molar-refractivity contribution in [2.75, 3.05) is 25.2 Å². The minimum atomic E-state index is 0.0131. The van der Waals surface area contributed by atoms with Gasteiger partial charge in [0.1, 0.15) is 0 Å². The third-order valence-electron chi connectivity index (χ3n) is 2.96. The number of anilines is 1. The van der Waals surface area contributed by atoms with Gasteiger partial charge in [-0.1, -0.05) is 34.1 Å². The number of para-hydroxylation sites is 1. The van der Waals surface area contributed by atoms with Gasteiger partial charge in [-0.05, 0) is 50.0 Å². The summed E-state index contributed by atoms with van der Waals surface area (Å²) < 4.78 is 1.04. The van der Waals surface area contributed by atoms with Crippen molar-refractivity contribution in [3.05, 3.63) is 58.6 Å². The van der Waals surface area contributed by atoms with Crippen LogP contribution in [0.5, 0.6) is 0 Å². The quantitative estimate of drug-likeness (QED) is 0.762. The number of halogens is 1. The molecule has 0 saturated heterocycles. The van der Waals surface area contributed by atoms with E-state index < -0.39 is 0 Å². The normalized spacial score (nSPS) is 10.7. The number of hydrogen-bond donors (Lipinski definition) is 1. The molecule has 3 nitrogen and oxygen atoms in total. The lowest BCUT2D eigenvalue weighted by atomic mass is 10.1. The molecule has 0 aliphatic heterocycles. The molecule has 0 aromatic heterocycles. The third-order valence-corrected chi connectivity index (χ3v) is 4.50. The molecule has 116 valence electrons. The molecule has 5 heteroatoms. The number of thioether (sulfide) groups is 1. The fourth-order valence-corrected chi connectivity index (χ4v) is 2.95. The molecule has 0 radical (unpaired) electrons. The molecule has 2 rings (SSSR count). The van der Waals surface area contributed by atoms with E-state index in [1.54, 1.807) is 0 Å². The molecule has 0 fully saturated rings. The van der Waals surface area contributed by atoms with E-state index in [9.17, 15) is 4.79 Å². The summed E-state index contributed by atoms with van der Waals surface area (Å²) in [4.78, 5) is 15.3. The SMILES string of the molecule is CN(C)Cc1ccccc1NC(=O)CSc1ccc(Br)cc1. The summed E-state index contributed by atoms with van der Waals surface area (Å²) in [6, 6.07) is 15.9. The predicted octanol–water partition coefficient (Wildman–Crippen LogP) is 4.24. The second-order valence-electron chi connectivity index (χ2n) is 5.19. The van der Waals surface area contributed by atoms with Crippen LogP contribution in [-0.4, -0.2) is 30.7 Å². The highest BCUT2D eigenvalue weighted by Crippen LogP contribution is 2.21. The fourth-order valence-electron chi connectivity index (χ4n) is 1.99. The van der Waals surface area contributed by atoms with E-state index >= 15 is 0 Å². The maximum atomic E-state index is 12.1. The molecule has 0 spiro atoms. The van der Waals surface area contributed by atoms with E-state index in [-0.39, 0.29) is 5.91 Å². The number of carbonyl (C=O) groups excluding carboxylic acids is 1. The number of rotatable bonds is 6. The average molecular weight is 379 g/mol. The van der Waals surface area contributed by atoms with Crippen LogP contribution < -0.4 is 5.32 Å². The summed E-state index contributed by atoms with van der Waals surface area (Å²) in [6.45, 7) is 0.802. The second kappa shape index (κ2) is 8.36. The van der Waals surface area contributed by atoms with Crippen LogP contribution in [0.1, 0.15) is 5.56 Å². The molecule has 1 N–H and O–H groups in total. The molecule has 22 heavy (non-hydrogen) atoms. The monoisotopic (exact) mass is 378 g/mol. The fraction of sp³-hybridized carbons (Fsp3) is 0.235. The first-order valence-electron chi connectivity index (χ1n) is 6.95. The van der Waals surface area contributed by atoms with Crippen molar-refractivity contribution in [1.29, 1.82) is 0 Å². The van der Waals surface area contributed by atoms with Crippen molar-refractivity contribution in [1.82, 2.24) is 4.90 Å². The van der Waals surface area contributed by atoms with E-state index in [4.69, 9.17) is 0 Å². The topological polar surface area (TPSA) is 32.3 Å². The van der Waals surface area contributed by atoms with Crippen LogP contribution in [0.3, 0.4) is 0 Å². The Morgan fingerprint density at radius 2 is 1.82 bits per heavy atom. The summed E-state index contributed by atoms with van der Waals surface area (Å²) >= 11 is 4.94. The molecular weight excluding hydrogens is 360 g/mol. The minimum Gasteiger partial charge on any atom is -0.325 e. The molecule has 0 aliphatic rings. The number of amides is 1. The number of carbonyl (C=O) groups is 1. The molecule has 0 heterocycles. The van der Waals surface area contributed by atoms with Gasteiger partial charge in [0.15, 0.2) is 0 Å². The van der Waals surface area contributed by atoms with Crippen LogP contribution in [0.4, 0.5) is 5.69 Å². The Kier molecular flexibility index (Phi) is 6.49. The largest absolute Gasteiger partial charge is 0.325 e. The zero-order valence-corrected chi connectivity index (χ0v) is 15.1. The van der Waals surface area contributed by atoms with Gasteiger partial charge in [-0.3, -0.25) is 4.79 Å². The van der Waals surface area contributed by atoms with Gasteiger partial charge in [0, 0.05) is 21.6 Å². The van der Waals surface area contributed by atoms with Crippen molar-refractivity contribution < 1.29 is 4.79 Å². The zero-order valence-electron chi connectivity index (χ0n) is 12.7. The van der Waals surface area contributed by atoms with E-state index in [1.165, 1.54) is 11.8 Å². The highest BCUT2D eigenvalue weighted by Gasteiger charge is 2.08. The van der Waals surface area contributed by atoms with Gasteiger partial charge >= 0.3 is 0 Å².